The Hall–Kier alpha value is -1.32. The molecule has 0 unspecified atom stereocenters. The summed E-state index contributed by atoms with van der Waals surface area (Å²) in [4.78, 5) is 2.39. The van der Waals surface area contributed by atoms with Crippen molar-refractivity contribution in [1.82, 2.24) is 10.2 Å². The molecule has 3 nitrogen and oxygen atoms in total. The molecule has 0 spiro atoms. The van der Waals surface area contributed by atoms with Gasteiger partial charge in [0.05, 0.1) is 6.54 Å². The van der Waals surface area contributed by atoms with Crippen molar-refractivity contribution in [3.8, 4) is 0 Å². The number of furan rings is 1. The minimum absolute atomic E-state index is 0.634. The molecule has 0 amide bonds. The van der Waals surface area contributed by atoms with Crippen LogP contribution < -0.4 is 5.32 Å². The normalized spacial score (nSPS) is 18.5. The lowest BCUT2D eigenvalue weighted by molar-refractivity contribution is 0.232. The van der Waals surface area contributed by atoms with E-state index in [0.29, 0.717) is 6.04 Å². The van der Waals surface area contributed by atoms with Gasteiger partial charge in [-0.1, -0.05) is 18.2 Å². The van der Waals surface area contributed by atoms with Crippen LogP contribution in [0.25, 0.3) is 11.0 Å². The molecule has 1 aliphatic rings. The van der Waals surface area contributed by atoms with Crippen molar-refractivity contribution in [2.24, 2.45) is 0 Å². The molecule has 0 bridgehead atoms. The third kappa shape index (κ3) is 2.57. The molecule has 96 valence electrons. The SMILES string of the molecule is CN1CCC(NCc2cc3ccccc3o2)CC1. The number of piperidine rings is 1. The van der Waals surface area contributed by atoms with Gasteiger partial charge in [0.2, 0.25) is 0 Å². The lowest BCUT2D eigenvalue weighted by Crippen LogP contribution is -2.40. The molecule has 1 aliphatic heterocycles. The van der Waals surface area contributed by atoms with Crippen molar-refractivity contribution in [2.45, 2.75) is 25.4 Å². The zero-order chi connectivity index (χ0) is 12.4. The molecule has 3 heteroatoms. The highest BCUT2D eigenvalue weighted by atomic mass is 16.3. The Balaban J connectivity index is 1.59. The number of fused-ring (bicyclic) bond motifs is 1. The summed E-state index contributed by atoms with van der Waals surface area (Å²) < 4.78 is 5.81. The minimum Gasteiger partial charge on any atom is -0.460 e. The first-order valence-electron chi connectivity index (χ1n) is 6.70. The summed E-state index contributed by atoms with van der Waals surface area (Å²) in [5.41, 5.74) is 0.984. The Kier molecular flexibility index (Phi) is 3.35. The fourth-order valence-corrected chi connectivity index (χ4v) is 2.58. The van der Waals surface area contributed by atoms with Crippen molar-refractivity contribution >= 4 is 11.0 Å². The van der Waals surface area contributed by atoms with Crippen LogP contribution in [0, 0.1) is 0 Å². The van der Waals surface area contributed by atoms with E-state index in [1.807, 2.05) is 18.2 Å². The highest BCUT2D eigenvalue weighted by molar-refractivity contribution is 5.77. The standard InChI is InChI=1S/C15H20N2O/c1-17-8-6-13(7-9-17)16-11-14-10-12-4-2-3-5-15(12)18-14/h2-5,10,13,16H,6-9,11H2,1H3. The van der Waals surface area contributed by atoms with Crippen LogP contribution >= 0.6 is 0 Å². The van der Waals surface area contributed by atoms with E-state index in [-0.39, 0.29) is 0 Å². The van der Waals surface area contributed by atoms with E-state index in [4.69, 9.17) is 4.42 Å². The van der Waals surface area contributed by atoms with Crippen molar-refractivity contribution in [3.05, 3.63) is 36.1 Å². The van der Waals surface area contributed by atoms with Crippen LogP contribution in [0.5, 0.6) is 0 Å². The molecule has 18 heavy (non-hydrogen) atoms. The fourth-order valence-electron chi connectivity index (χ4n) is 2.58. The first-order valence-corrected chi connectivity index (χ1v) is 6.70. The van der Waals surface area contributed by atoms with Crippen LogP contribution in [0.1, 0.15) is 18.6 Å². The lowest BCUT2D eigenvalue weighted by Gasteiger charge is -2.29. The van der Waals surface area contributed by atoms with E-state index in [1.165, 1.54) is 31.3 Å². The van der Waals surface area contributed by atoms with Gasteiger partial charge in [-0.2, -0.15) is 0 Å². The highest BCUT2D eigenvalue weighted by Gasteiger charge is 2.16. The van der Waals surface area contributed by atoms with Gasteiger partial charge < -0.3 is 14.6 Å². The number of rotatable bonds is 3. The third-order valence-corrected chi connectivity index (χ3v) is 3.76. The summed E-state index contributed by atoms with van der Waals surface area (Å²) in [6.45, 7) is 3.22. The fraction of sp³-hybridized carbons (Fsp3) is 0.467. The molecule has 1 aromatic heterocycles. The van der Waals surface area contributed by atoms with E-state index < -0.39 is 0 Å². The van der Waals surface area contributed by atoms with Gasteiger partial charge in [0.1, 0.15) is 11.3 Å². The van der Waals surface area contributed by atoms with Crippen molar-refractivity contribution in [3.63, 3.8) is 0 Å². The number of nitrogens with zero attached hydrogens (tertiary/aromatic N) is 1. The molecular formula is C15H20N2O. The molecule has 0 saturated carbocycles. The van der Waals surface area contributed by atoms with E-state index in [1.54, 1.807) is 0 Å². The highest BCUT2D eigenvalue weighted by Crippen LogP contribution is 2.19. The van der Waals surface area contributed by atoms with Crippen LogP contribution in [0.15, 0.2) is 34.7 Å². The Morgan fingerprint density at radius 1 is 1.28 bits per heavy atom. The number of hydrogen-bond acceptors (Lipinski definition) is 3. The molecule has 2 heterocycles. The monoisotopic (exact) mass is 244 g/mol. The van der Waals surface area contributed by atoms with Crippen LogP contribution in [0.2, 0.25) is 0 Å². The number of nitrogens with one attached hydrogen (secondary N) is 1. The molecule has 2 aromatic rings. The molecule has 1 aromatic carbocycles. The Morgan fingerprint density at radius 2 is 2.06 bits per heavy atom. The van der Waals surface area contributed by atoms with Crippen LogP contribution in [0.3, 0.4) is 0 Å². The summed E-state index contributed by atoms with van der Waals surface area (Å²) in [5, 5.41) is 4.79. The Morgan fingerprint density at radius 3 is 2.83 bits per heavy atom. The summed E-state index contributed by atoms with van der Waals surface area (Å²) in [6.07, 6.45) is 2.47. The molecule has 0 atom stereocenters. The number of likely N-dealkylation sites (tertiary alicyclic amines) is 1. The predicted octanol–water partition coefficient (Wildman–Crippen LogP) is 2.62. The predicted molar refractivity (Wildman–Crippen MR) is 73.6 cm³/mol. The second kappa shape index (κ2) is 5.12. The summed E-state index contributed by atoms with van der Waals surface area (Å²) in [5.74, 6) is 1.04. The first kappa shape index (κ1) is 11.8. The average molecular weight is 244 g/mol. The van der Waals surface area contributed by atoms with Crippen molar-refractivity contribution < 1.29 is 4.42 Å². The zero-order valence-electron chi connectivity index (χ0n) is 10.9. The van der Waals surface area contributed by atoms with E-state index in [0.717, 1.165) is 17.9 Å². The van der Waals surface area contributed by atoms with Gasteiger partial charge in [0, 0.05) is 11.4 Å². The Labute approximate surface area is 108 Å². The van der Waals surface area contributed by atoms with Crippen molar-refractivity contribution in [1.29, 1.82) is 0 Å². The van der Waals surface area contributed by atoms with Gasteiger partial charge in [-0.25, -0.2) is 0 Å². The van der Waals surface area contributed by atoms with Gasteiger partial charge >= 0.3 is 0 Å². The maximum absolute atomic E-state index is 5.81. The summed E-state index contributed by atoms with van der Waals surface area (Å²) in [6, 6.07) is 10.9. The van der Waals surface area contributed by atoms with Crippen LogP contribution in [-0.4, -0.2) is 31.1 Å². The largest absolute Gasteiger partial charge is 0.460 e. The second-order valence-corrected chi connectivity index (χ2v) is 5.21. The van der Waals surface area contributed by atoms with Gasteiger partial charge in [-0.15, -0.1) is 0 Å². The second-order valence-electron chi connectivity index (χ2n) is 5.21. The molecule has 1 saturated heterocycles. The van der Waals surface area contributed by atoms with E-state index >= 15 is 0 Å². The number of benzene rings is 1. The first-order chi connectivity index (χ1) is 8.81. The summed E-state index contributed by atoms with van der Waals surface area (Å²) in [7, 11) is 2.19. The average Bonchev–Trinajstić information content (AvgIpc) is 2.81. The zero-order valence-corrected chi connectivity index (χ0v) is 10.9. The molecule has 3 rings (SSSR count). The minimum atomic E-state index is 0.634. The Bertz CT molecular complexity index is 479. The molecule has 1 fully saturated rings. The maximum Gasteiger partial charge on any atom is 0.134 e. The van der Waals surface area contributed by atoms with Crippen LogP contribution in [-0.2, 0) is 6.54 Å². The maximum atomic E-state index is 5.81. The molecular weight excluding hydrogens is 224 g/mol. The van der Waals surface area contributed by atoms with Gasteiger partial charge in [-0.3, -0.25) is 0 Å². The van der Waals surface area contributed by atoms with Crippen LogP contribution in [0.4, 0.5) is 0 Å². The van der Waals surface area contributed by atoms with E-state index in [2.05, 4.69) is 29.4 Å². The molecule has 0 radical (unpaired) electrons. The molecule has 1 N–H and O–H groups in total. The van der Waals surface area contributed by atoms with Crippen molar-refractivity contribution in [2.75, 3.05) is 20.1 Å². The topological polar surface area (TPSA) is 28.4 Å². The third-order valence-electron chi connectivity index (χ3n) is 3.76. The quantitative estimate of drug-likeness (QED) is 0.899. The van der Waals surface area contributed by atoms with Gasteiger partial charge in [0.25, 0.3) is 0 Å². The van der Waals surface area contributed by atoms with Gasteiger partial charge in [0.15, 0.2) is 0 Å². The smallest absolute Gasteiger partial charge is 0.134 e. The van der Waals surface area contributed by atoms with Gasteiger partial charge in [-0.05, 0) is 45.1 Å². The van der Waals surface area contributed by atoms with E-state index in [9.17, 15) is 0 Å². The number of para-hydroxylation sites is 1. The number of hydrogen-bond donors (Lipinski definition) is 1. The lowest BCUT2D eigenvalue weighted by atomic mass is 10.1. The molecule has 0 aliphatic carbocycles. The summed E-state index contributed by atoms with van der Waals surface area (Å²) >= 11 is 0.